The van der Waals surface area contributed by atoms with Crippen LogP contribution in [0, 0.1) is 0 Å². The van der Waals surface area contributed by atoms with E-state index < -0.39 is 0 Å². The average Bonchev–Trinajstić information content (AvgIpc) is 3.08. The maximum atomic E-state index is 12.2. The first-order valence-corrected chi connectivity index (χ1v) is 8.05. The van der Waals surface area contributed by atoms with Crippen molar-refractivity contribution >= 4 is 5.91 Å². The van der Waals surface area contributed by atoms with Crippen molar-refractivity contribution in [1.29, 1.82) is 0 Å². The summed E-state index contributed by atoms with van der Waals surface area (Å²) in [6, 6.07) is 6.24. The van der Waals surface area contributed by atoms with E-state index in [1.54, 1.807) is 18.1 Å². The van der Waals surface area contributed by atoms with Gasteiger partial charge in [-0.05, 0) is 48.9 Å². The number of amides is 1. The van der Waals surface area contributed by atoms with Crippen molar-refractivity contribution in [2.75, 3.05) is 7.11 Å². The van der Waals surface area contributed by atoms with E-state index in [0.29, 0.717) is 13.0 Å². The molecule has 6 nitrogen and oxygen atoms in total. The average molecular weight is 314 g/mol. The molecular weight excluding hydrogens is 292 g/mol. The van der Waals surface area contributed by atoms with E-state index >= 15 is 0 Å². The largest absolute Gasteiger partial charge is 0.497 e. The van der Waals surface area contributed by atoms with E-state index in [9.17, 15) is 4.79 Å². The molecule has 3 rings (SSSR count). The molecule has 1 amide bonds. The third-order valence-corrected chi connectivity index (χ3v) is 4.26. The number of carbonyl (C=O) groups is 1. The minimum atomic E-state index is 0.0961. The molecule has 1 aromatic carbocycles. The zero-order valence-electron chi connectivity index (χ0n) is 13.4. The number of carbonyl (C=O) groups excluding carboxylic acids is 1. The van der Waals surface area contributed by atoms with E-state index in [1.165, 1.54) is 17.5 Å². The van der Waals surface area contributed by atoms with Crippen LogP contribution in [-0.2, 0) is 17.8 Å². The molecule has 0 unspecified atom stereocenters. The van der Waals surface area contributed by atoms with Crippen molar-refractivity contribution in [3.05, 3.63) is 42.0 Å². The molecule has 0 saturated heterocycles. The Labute approximate surface area is 135 Å². The quantitative estimate of drug-likeness (QED) is 0.888. The van der Waals surface area contributed by atoms with Crippen molar-refractivity contribution < 1.29 is 9.53 Å². The van der Waals surface area contributed by atoms with Gasteiger partial charge in [-0.1, -0.05) is 6.07 Å². The van der Waals surface area contributed by atoms with Gasteiger partial charge < -0.3 is 10.1 Å². The van der Waals surface area contributed by atoms with Crippen LogP contribution in [0.15, 0.2) is 30.9 Å². The molecule has 0 fully saturated rings. The Morgan fingerprint density at radius 1 is 1.48 bits per heavy atom. The van der Waals surface area contributed by atoms with Crippen LogP contribution in [0.25, 0.3) is 0 Å². The summed E-state index contributed by atoms with van der Waals surface area (Å²) in [5.41, 5.74) is 2.50. The second kappa shape index (κ2) is 7.26. The minimum Gasteiger partial charge on any atom is -0.497 e. The van der Waals surface area contributed by atoms with Crippen molar-refractivity contribution in [2.45, 2.75) is 44.7 Å². The minimum absolute atomic E-state index is 0.0961. The summed E-state index contributed by atoms with van der Waals surface area (Å²) in [6.45, 7) is 0.714. The van der Waals surface area contributed by atoms with Gasteiger partial charge in [0.25, 0.3) is 0 Å². The number of nitrogens with zero attached hydrogens (tertiary/aromatic N) is 3. The van der Waals surface area contributed by atoms with Gasteiger partial charge in [0.2, 0.25) is 5.91 Å². The standard InChI is InChI=1S/C17H22N4O2/c1-23-14-7-8-15-13(10-14)4-2-5-16(15)20-17(22)6-3-9-21-12-18-11-19-21/h7-8,10-12,16H,2-6,9H2,1H3,(H,20,22)/t16-/m1/s1. The summed E-state index contributed by atoms with van der Waals surface area (Å²) in [6.07, 6.45) is 7.57. The normalized spacial score (nSPS) is 16.7. The number of ether oxygens (including phenoxy) is 1. The Bertz CT molecular complexity index is 655. The molecule has 0 radical (unpaired) electrons. The molecular formula is C17H22N4O2. The SMILES string of the molecule is COc1ccc2c(c1)CCC[C@H]2NC(=O)CCCn1cncn1. The molecule has 1 aliphatic rings. The maximum Gasteiger partial charge on any atom is 0.220 e. The Morgan fingerprint density at radius 2 is 2.39 bits per heavy atom. The summed E-state index contributed by atoms with van der Waals surface area (Å²) in [4.78, 5) is 16.1. The molecule has 1 atom stereocenters. The fourth-order valence-electron chi connectivity index (χ4n) is 3.08. The Hall–Kier alpha value is -2.37. The number of aromatic nitrogens is 3. The molecule has 0 bridgehead atoms. The number of fused-ring (bicyclic) bond motifs is 1. The molecule has 0 spiro atoms. The lowest BCUT2D eigenvalue weighted by atomic mass is 9.87. The highest BCUT2D eigenvalue weighted by Gasteiger charge is 2.22. The molecule has 1 aromatic heterocycles. The molecule has 1 N–H and O–H groups in total. The fraction of sp³-hybridized carbons (Fsp3) is 0.471. The second-order valence-electron chi connectivity index (χ2n) is 5.84. The van der Waals surface area contributed by atoms with Crippen LogP contribution in [0.3, 0.4) is 0 Å². The predicted molar refractivity (Wildman–Crippen MR) is 86.1 cm³/mol. The van der Waals surface area contributed by atoms with Gasteiger partial charge in [0, 0.05) is 13.0 Å². The van der Waals surface area contributed by atoms with Crippen molar-refractivity contribution in [2.24, 2.45) is 0 Å². The number of rotatable bonds is 6. The van der Waals surface area contributed by atoms with Crippen molar-refractivity contribution in [3.63, 3.8) is 0 Å². The molecule has 1 aliphatic carbocycles. The van der Waals surface area contributed by atoms with Crippen LogP contribution in [0.5, 0.6) is 5.75 Å². The zero-order valence-corrected chi connectivity index (χ0v) is 13.4. The number of aryl methyl sites for hydroxylation is 2. The van der Waals surface area contributed by atoms with Gasteiger partial charge in [0.1, 0.15) is 18.4 Å². The number of nitrogens with one attached hydrogen (secondary N) is 1. The highest BCUT2D eigenvalue weighted by atomic mass is 16.5. The lowest BCUT2D eigenvalue weighted by Gasteiger charge is -2.26. The van der Waals surface area contributed by atoms with Gasteiger partial charge in [0.15, 0.2) is 0 Å². The predicted octanol–water partition coefficient (Wildman–Crippen LogP) is 2.26. The molecule has 0 aliphatic heterocycles. The van der Waals surface area contributed by atoms with E-state index in [2.05, 4.69) is 27.5 Å². The Balaban J connectivity index is 1.55. The lowest BCUT2D eigenvalue weighted by Crippen LogP contribution is -2.31. The highest BCUT2D eigenvalue weighted by molar-refractivity contribution is 5.76. The van der Waals surface area contributed by atoms with Gasteiger partial charge in [-0.3, -0.25) is 9.48 Å². The van der Waals surface area contributed by atoms with Crippen LogP contribution < -0.4 is 10.1 Å². The number of hydrogen-bond acceptors (Lipinski definition) is 4. The number of methoxy groups -OCH3 is 1. The maximum absolute atomic E-state index is 12.2. The number of benzene rings is 1. The Kier molecular flexibility index (Phi) is 4.90. The van der Waals surface area contributed by atoms with Gasteiger partial charge in [-0.2, -0.15) is 5.10 Å². The van der Waals surface area contributed by atoms with Gasteiger partial charge in [-0.15, -0.1) is 0 Å². The van der Waals surface area contributed by atoms with E-state index in [4.69, 9.17) is 4.74 Å². The van der Waals surface area contributed by atoms with Crippen LogP contribution in [0.4, 0.5) is 0 Å². The fourth-order valence-corrected chi connectivity index (χ4v) is 3.08. The molecule has 1 heterocycles. The first kappa shape index (κ1) is 15.5. The monoisotopic (exact) mass is 314 g/mol. The van der Waals surface area contributed by atoms with Crippen LogP contribution in [0.2, 0.25) is 0 Å². The highest BCUT2D eigenvalue weighted by Crippen LogP contribution is 2.32. The van der Waals surface area contributed by atoms with Crippen LogP contribution in [0.1, 0.15) is 42.9 Å². The third-order valence-electron chi connectivity index (χ3n) is 4.26. The molecule has 23 heavy (non-hydrogen) atoms. The summed E-state index contributed by atoms with van der Waals surface area (Å²) in [7, 11) is 1.68. The summed E-state index contributed by atoms with van der Waals surface area (Å²) in [5, 5.41) is 7.20. The molecule has 6 heteroatoms. The summed E-state index contributed by atoms with van der Waals surface area (Å²) >= 11 is 0. The summed E-state index contributed by atoms with van der Waals surface area (Å²) < 4.78 is 7.03. The molecule has 2 aromatic rings. The Morgan fingerprint density at radius 3 is 3.17 bits per heavy atom. The van der Waals surface area contributed by atoms with E-state index in [1.807, 2.05) is 6.07 Å². The first-order chi connectivity index (χ1) is 11.3. The first-order valence-electron chi connectivity index (χ1n) is 8.05. The third kappa shape index (κ3) is 3.88. The topological polar surface area (TPSA) is 69.0 Å². The van der Waals surface area contributed by atoms with Crippen LogP contribution in [-0.4, -0.2) is 27.8 Å². The lowest BCUT2D eigenvalue weighted by molar-refractivity contribution is -0.122. The van der Waals surface area contributed by atoms with Gasteiger partial charge in [0.05, 0.1) is 13.2 Å². The zero-order chi connectivity index (χ0) is 16.1. The van der Waals surface area contributed by atoms with Crippen LogP contribution >= 0.6 is 0 Å². The molecule has 122 valence electrons. The van der Waals surface area contributed by atoms with Gasteiger partial charge >= 0.3 is 0 Å². The van der Waals surface area contributed by atoms with Crippen molar-refractivity contribution in [1.82, 2.24) is 20.1 Å². The smallest absolute Gasteiger partial charge is 0.220 e. The molecule has 0 saturated carbocycles. The van der Waals surface area contributed by atoms with Crippen molar-refractivity contribution in [3.8, 4) is 5.75 Å². The number of hydrogen-bond donors (Lipinski definition) is 1. The second-order valence-corrected chi connectivity index (χ2v) is 5.84. The van der Waals surface area contributed by atoms with E-state index in [-0.39, 0.29) is 11.9 Å². The van der Waals surface area contributed by atoms with E-state index in [0.717, 1.165) is 31.4 Å². The van der Waals surface area contributed by atoms with Gasteiger partial charge in [-0.25, -0.2) is 4.98 Å². The summed E-state index contributed by atoms with van der Waals surface area (Å²) in [5.74, 6) is 0.974.